The molecule has 0 heterocycles. The maximum atomic E-state index is 5.84. The highest BCUT2D eigenvalue weighted by Crippen LogP contribution is 2.04. The molecule has 1 rings (SSSR count). The van der Waals surface area contributed by atoms with Crippen LogP contribution in [0.15, 0.2) is 30.3 Å². The van der Waals surface area contributed by atoms with Gasteiger partial charge in [-0.15, -0.1) is 0 Å². The molecule has 0 N–H and O–H groups in total. The quantitative estimate of drug-likeness (QED) is 0.648. The van der Waals surface area contributed by atoms with Gasteiger partial charge in [0.25, 0.3) is 0 Å². The largest absolute Gasteiger partial charge is 0.397 e. The molecule has 0 aliphatic heterocycles. The van der Waals surface area contributed by atoms with Crippen molar-refractivity contribution in [3.05, 3.63) is 35.9 Å². The lowest BCUT2D eigenvalue weighted by Gasteiger charge is -2.14. The van der Waals surface area contributed by atoms with E-state index in [0.29, 0.717) is 0 Å². The van der Waals surface area contributed by atoms with Gasteiger partial charge < -0.3 is 8.85 Å². The number of rotatable bonds is 8. The summed E-state index contributed by atoms with van der Waals surface area (Å²) in [5.74, 6) is 0. The van der Waals surface area contributed by atoms with Gasteiger partial charge in [-0.1, -0.05) is 43.7 Å². The van der Waals surface area contributed by atoms with Crippen LogP contribution in [0.1, 0.15) is 25.8 Å². The maximum absolute atomic E-state index is 5.84. The summed E-state index contributed by atoms with van der Waals surface area (Å²) in [6.45, 7) is 5.79. The Balaban J connectivity index is 2.22. The number of benzene rings is 1. The van der Waals surface area contributed by atoms with Gasteiger partial charge in [-0.2, -0.15) is 0 Å². The minimum Gasteiger partial charge on any atom is -0.397 e. The zero-order chi connectivity index (χ0) is 11.6. The lowest BCUT2D eigenvalue weighted by Crippen LogP contribution is -2.23. The van der Waals surface area contributed by atoms with Crippen LogP contribution in [0.5, 0.6) is 0 Å². The summed E-state index contributed by atoms with van der Waals surface area (Å²) in [4.78, 5) is 0. The van der Waals surface area contributed by atoms with Crippen molar-refractivity contribution in [3.8, 4) is 0 Å². The molecule has 2 nitrogen and oxygen atoms in total. The van der Waals surface area contributed by atoms with Crippen molar-refractivity contribution in [3.63, 3.8) is 0 Å². The van der Waals surface area contributed by atoms with E-state index >= 15 is 0 Å². The molecule has 0 fully saturated rings. The summed E-state index contributed by atoms with van der Waals surface area (Å²) in [5, 5.41) is 0. The van der Waals surface area contributed by atoms with E-state index in [4.69, 9.17) is 8.85 Å². The van der Waals surface area contributed by atoms with E-state index in [1.165, 1.54) is 5.56 Å². The predicted molar refractivity (Wildman–Crippen MR) is 70.0 cm³/mol. The Morgan fingerprint density at radius 2 is 1.81 bits per heavy atom. The van der Waals surface area contributed by atoms with E-state index in [9.17, 15) is 0 Å². The fourth-order valence-electron chi connectivity index (χ4n) is 1.59. The Morgan fingerprint density at radius 1 is 1.06 bits per heavy atom. The molecule has 0 amide bonds. The van der Waals surface area contributed by atoms with Crippen LogP contribution >= 0.6 is 0 Å². The van der Waals surface area contributed by atoms with E-state index in [1.54, 1.807) is 0 Å². The van der Waals surface area contributed by atoms with Crippen molar-refractivity contribution in [1.82, 2.24) is 0 Å². The Bertz CT molecular complexity index is 258. The molecular weight excluding hydrogens is 216 g/mol. The van der Waals surface area contributed by atoms with Gasteiger partial charge in [0.15, 0.2) is 0 Å². The van der Waals surface area contributed by atoms with Crippen molar-refractivity contribution < 1.29 is 8.85 Å². The van der Waals surface area contributed by atoms with Crippen LogP contribution in [0.3, 0.4) is 0 Å². The number of hydrogen-bond donors (Lipinski definition) is 0. The third-order valence-corrected chi connectivity index (χ3v) is 4.78. The van der Waals surface area contributed by atoms with Crippen LogP contribution < -0.4 is 0 Å². The summed E-state index contributed by atoms with van der Waals surface area (Å²) >= 11 is 0. The van der Waals surface area contributed by atoms with Gasteiger partial charge >= 0.3 is 9.28 Å². The molecule has 0 aliphatic carbocycles. The topological polar surface area (TPSA) is 18.5 Å². The first-order chi connectivity index (χ1) is 7.86. The van der Waals surface area contributed by atoms with Crippen molar-refractivity contribution in [2.75, 3.05) is 13.2 Å². The second-order valence-electron chi connectivity index (χ2n) is 3.78. The molecule has 0 radical (unpaired) electrons. The van der Waals surface area contributed by atoms with Gasteiger partial charge in [0.2, 0.25) is 0 Å². The zero-order valence-electron chi connectivity index (χ0n) is 10.3. The molecule has 0 aliphatic rings. The van der Waals surface area contributed by atoms with E-state index in [2.05, 4.69) is 31.2 Å². The Hall–Kier alpha value is -0.643. The van der Waals surface area contributed by atoms with E-state index in [1.807, 2.05) is 13.0 Å². The predicted octanol–water partition coefficient (Wildman–Crippen LogP) is 2.91. The summed E-state index contributed by atoms with van der Waals surface area (Å²) in [5.41, 5.74) is 1.34. The highest BCUT2D eigenvalue weighted by atomic mass is 28.3. The molecule has 16 heavy (non-hydrogen) atoms. The molecule has 0 spiro atoms. The Labute approximate surface area is 100 Å². The first-order valence-electron chi connectivity index (χ1n) is 6.14. The summed E-state index contributed by atoms with van der Waals surface area (Å²) < 4.78 is 11.5. The van der Waals surface area contributed by atoms with Gasteiger partial charge in [0, 0.05) is 13.2 Å². The first-order valence-corrected chi connectivity index (χ1v) is 7.89. The minimum atomic E-state index is -1.37. The molecule has 0 aromatic heterocycles. The fourth-order valence-corrected chi connectivity index (χ4v) is 3.24. The summed E-state index contributed by atoms with van der Waals surface area (Å²) in [6, 6.07) is 11.6. The molecular formula is C13H22O2Si. The SMILES string of the molecule is CCC[SiH](OCC)OCCc1ccccc1. The summed E-state index contributed by atoms with van der Waals surface area (Å²) in [7, 11) is -1.37. The van der Waals surface area contributed by atoms with Crippen LogP contribution in [0.4, 0.5) is 0 Å². The molecule has 1 unspecified atom stereocenters. The van der Waals surface area contributed by atoms with Gasteiger partial charge in [-0.05, 0) is 25.0 Å². The van der Waals surface area contributed by atoms with E-state index in [0.717, 1.165) is 32.1 Å². The molecule has 0 saturated carbocycles. The fraction of sp³-hybridized carbons (Fsp3) is 0.538. The monoisotopic (exact) mass is 238 g/mol. The normalized spacial score (nSPS) is 12.6. The van der Waals surface area contributed by atoms with Crippen LogP contribution in [-0.4, -0.2) is 22.5 Å². The number of hydrogen-bond acceptors (Lipinski definition) is 2. The molecule has 90 valence electrons. The molecule has 1 aromatic carbocycles. The molecule has 1 aromatic rings. The van der Waals surface area contributed by atoms with Crippen molar-refractivity contribution in [1.29, 1.82) is 0 Å². The Morgan fingerprint density at radius 3 is 2.44 bits per heavy atom. The zero-order valence-corrected chi connectivity index (χ0v) is 11.5. The van der Waals surface area contributed by atoms with E-state index < -0.39 is 9.28 Å². The second-order valence-corrected chi connectivity index (χ2v) is 5.88. The van der Waals surface area contributed by atoms with Crippen LogP contribution in [0, 0.1) is 0 Å². The lowest BCUT2D eigenvalue weighted by atomic mass is 10.2. The van der Waals surface area contributed by atoms with Gasteiger partial charge in [0.05, 0.1) is 0 Å². The van der Waals surface area contributed by atoms with Gasteiger partial charge in [-0.3, -0.25) is 0 Å². The third kappa shape index (κ3) is 5.44. The van der Waals surface area contributed by atoms with Crippen LogP contribution in [-0.2, 0) is 15.3 Å². The van der Waals surface area contributed by atoms with E-state index in [-0.39, 0.29) is 0 Å². The lowest BCUT2D eigenvalue weighted by molar-refractivity contribution is 0.206. The molecule has 1 atom stereocenters. The summed E-state index contributed by atoms with van der Waals surface area (Å²) in [6.07, 6.45) is 2.14. The van der Waals surface area contributed by atoms with Crippen molar-refractivity contribution >= 4 is 9.28 Å². The standard InChI is InChI=1S/C13H22O2Si/c1-3-12-16(14-4-2)15-11-10-13-8-6-5-7-9-13/h5-9,16H,3-4,10-12H2,1-2H3. The molecule has 0 bridgehead atoms. The minimum absolute atomic E-state index is 0.780. The Kier molecular flexibility index (Phi) is 7.13. The second kappa shape index (κ2) is 8.50. The highest BCUT2D eigenvalue weighted by molar-refractivity contribution is 6.44. The third-order valence-electron chi connectivity index (χ3n) is 2.41. The first kappa shape index (κ1) is 13.4. The molecule has 3 heteroatoms. The average molecular weight is 238 g/mol. The highest BCUT2D eigenvalue weighted by Gasteiger charge is 2.10. The van der Waals surface area contributed by atoms with Crippen molar-refractivity contribution in [2.24, 2.45) is 0 Å². The van der Waals surface area contributed by atoms with Gasteiger partial charge in [-0.25, -0.2) is 0 Å². The molecule has 0 saturated heterocycles. The van der Waals surface area contributed by atoms with Gasteiger partial charge in [0.1, 0.15) is 0 Å². The smallest absolute Gasteiger partial charge is 0.321 e. The van der Waals surface area contributed by atoms with Crippen LogP contribution in [0.2, 0.25) is 6.04 Å². The van der Waals surface area contributed by atoms with Crippen LogP contribution in [0.25, 0.3) is 0 Å². The van der Waals surface area contributed by atoms with Crippen molar-refractivity contribution in [2.45, 2.75) is 32.7 Å². The maximum Gasteiger partial charge on any atom is 0.321 e. The average Bonchev–Trinajstić information content (AvgIpc) is 2.31.